The first-order valence-electron chi connectivity index (χ1n) is 7.66. The van der Waals surface area contributed by atoms with E-state index in [0.29, 0.717) is 27.9 Å². The predicted octanol–water partition coefficient (Wildman–Crippen LogP) is 3.45. The van der Waals surface area contributed by atoms with Crippen molar-refractivity contribution in [2.45, 2.75) is 20.3 Å². The van der Waals surface area contributed by atoms with Gasteiger partial charge in [-0.1, -0.05) is 38.1 Å². The van der Waals surface area contributed by atoms with E-state index in [0.717, 1.165) is 6.42 Å². The smallest absolute Gasteiger partial charge is 0.227 e. The Bertz CT molecular complexity index is 823. The fourth-order valence-electron chi connectivity index (χ4n) is 2.63. The van der Waals surface area contributed by atoms with Gasteiger partial charge in [-0.3, -0.25) is 14.4 Å². The van der Waals surface area contributed by atoms with Gasteiger partial charge < -0.3 is 5.32 Å². The van der Waals surface area contributed by atoms with Gasteiger partial charge in [-0.05, 0) is 24.6 Å². The lowest BCUT2D eigenvalue weighted by Crippen LogP contribution is -2.23. The first-order valence-corrected chi connectivity index (χ1v) is 7.66. The van der Waals surface area contributed by atoms with Crippen LogP contribution in [0.3, 0.4) is 0 Å². The van der Waals surface area contributed by atoms with Gasteiger partial charge in [0.15, 0.2) is 11.6 Å². The van der Waals surface area contributed by atoms with Crippen LogP contribution < -0.4 is 5.32 Å². The van der Waals surface area contributed by atoms with Gasteiger partial charge in [-0.25, -0.2) is 0 Å². The number of anilines is 1. The Morgan fingerprint density at radius 2 is 1.52 bits per heavy atom. The molecule has 0 radical (unpaired) electrons. The van der Waals surface area contributed by atoms with Gasteiger partial charge in [0.2, 0.25) is 5.91 Å². The van der Waals surface area contributed by atoms with Crippen LogP contribution in [-0.2, 0) is 4.79 Å². The molecule has 2 aromatic rings. The molecule has 1 N–H and O–H groups in total. The molecular formula is C19H17NO3. The highest BCUT2D eigenvalue weighted by atomic mass is 16.2. The third kappa shape index (κ3) is 2.57. The second kappa shape index (κ2) is 5.80. The summed E-state index contributed by atoms with van der Waals surface area (Å²) in [5.41, 5.74) is 2.11. The molecule has 0 bridgehead atoms. The monoisotopic (exact) mass is 307 g/mol. The summed E-state index contributed by atoms with van der Waals surface area (Å²) in [7, 11) is 0. The predicted molar refractivity (Wildman–Crippen MR) is 87.8 cm³/mol. The maximum Gasteiger partial charge on any atom is 0.227 e. The van der Waals surface area contributed by atoms with Gasteiger partial charge in [-0.2, -0.15) is 0 Å². The van der Waals surface area contributed by atoms with Crippen LogP contribution in [0.15, 0.2) is 42.5 Å². The van der Waals surface area contributed by atoms with E-state index in [1.54, 1.807) is 42.5 Å². The topological polar surface area (TPSA) is 63.2 Å². The van der Waals surface area contributed by atoms with Gasteiger partial charge in [0.25, 0.3) is 0 Å². The molecule has 0 aromatic heterocycles. The maximum atomic E-state index is 12.6. The van der Waals surface area contributed by atoms with E-state index in [1.807, 2.05) is 13.8 Å². The summed E-state index contributed by atoms with van der Waals surface area (Å²) < 4.78 is 0. The van der Waals surface area contributed by atoms with E-state index in [-0.39, 0.29) is 23.4 Å². The van der Waals surface area contributed by atoms with E-state index in [2.05, 4.69) is 5.32 Å². The van der Waals surface area contributed by atoms with Crippen LogP contribution in [0.5, 0.6) is 0 Å². The maximum absolute atomic E-state index is 12.6. The Labute approximate surface area is 134 Å². The fourth-order valence-corrected chi connectivity index (χ4v) is 2.63. The standard InChI is InChI=1S/C19H17NO3/c1-3-11(2)19(23)20-12-8-9-15-16(10-12)18(22)14-7-5-4-6-13(14)17(15)21/h4-11H,3H2,1-2H3,(H,20,23). The zero-order valence-corrected chi connectivity index (χ0v) is 13.1. The molecule has 1 aliphatic rings. The number of fused-ring (bicyclic) bond motifs is 2. The van der Waals surface area contributed by atoms with E-state index in [1.165, 1.54) is 0 Å². The molecule has 0 heterocycles. The zero-order valence-electron chi connectivity index (χ0n) is 13.1. The molecule has 1 unspecified atom stereocenters. The van der Waals surface area contributed by atoms with Crippen LogP contribution in [0.2, 0.25) is 0 Å². The van der Waals surface area contributed by atoms with Crippen molar-refractivity contribution in [3.8, 4) is 0 Å². The quantitative estimate of drug-likeness (QED) is 0.806. The van der Waals surface area contributed by atoms with Gasteiger partial charge in [-0.15, -0.1) is 0 Å². The van der Waals surface area contributed by atoms with Crippen LogP contribution in [0.1, 0.15) is 52.1 Å². The van der Waals surface area contributed by atoms with E-state index in [9.17, 15) is 14.4 Å². The van der Waals surface area contributed by atoms with E-state index >= 15 is 0 Å². The number of carbonyl (C=O) groups is 3. The molecule has 2 aromatic carbocycles. The second-order valence-electron chi connectivity index (χ2n) is 5.76. The lowest BCUT2D eigenvalue weighted by molar-refractivity contribution is -0.119. The number of nitrogens with one attached hydrogen (secondary N) is 1. The first kappa shape index (κ1) is 15.2. The average Bonchev–Trinajstić information content (AvgIpc) is 2.58. The lowest BCUT2D eigenvalue weighted by atomic mass is 9.84. The number of hydrogen-bond acceptors (Lipinski definition) is 3. The molecule has 1 atom stereocenters. The summed E-state index contributed by atoms with van der Waals surface area (Å²) in [6, 6.07) is 11.7. The summed E-state index contributed by atoms with van der Waals surface area (Å²) in [4.78, 5) is 37.1. The van der Waals surface area contributed by atoms with Crippen molar-refractivity contribution >= 4 is 23.2 Å². The minimum Gasteiger partial charge on any atom is -0.326 e. The third-order valence-electron chi connectivity index (χ3n) is 4.25. The molecule has 1 aliphatic carbocycles. The van der Waals surface area contributed by atoms with Crippen molar-refractivity contribution in [1.82, 2.24) is 0 Å². The SMILES string of the molecule is CCC(C)C(=O)Nc1ccc2c(c1)C(=O)c1ccccc1C2=O. The fraction of sp³-hybridized carbons (Fsp3) is 0.211. The number of hydrogen-bond donors (Lipinski definition) is 1. The number of carbonyl (C=O) groups excluding carboxylic acids is 3. The highest BCUT2D eigenvalue weighted by Gasteiger charge is 2.29. The van der Waals surface area contributed by atoms with Crippen molar-refractivity contribution in [3.05, 3.63) is 64.7 Å². The Morgan fingerprint density at radius 1 is 0.957 bits per heavy atom. The normalized spacial score (nSPS) is 14.0. The van der Waals surface area contributed by atoms with E-state index < -0.39 is 0 Å². The lowest BCUT2D eigenvalue weighted by Gasteiger charge is -2.18. The number of benzene rings is 2. The van der Waals surface area contributed by atoms with Crippen molar-refractivity contribution < 1.29 is 14.4 Å². The Morgan fingerprint density at radius 3 is 2.13 bits per heavy atom. The molecular weight excluding hydrogens is 290 g/mol. The van der Waals surface area contributed by atoms with Crippen molar-refractivity contribution in [2.24, 2.45) is 5.92 Å². The summed E-state index contributed by atoms with van der Waals surface area (Å²) in [5, 5.41) is 2.80. The molecule has 0 aliphatic heterocycles. The van der Waals surface area contributed by atoms with Crippen LogP contribution in [0.4, 0.5) is 5.69 Å². The van der Waals surface area contributed by atoms with Crippen LogP contribution in [-0.4, -0.2) is 17.5 Å². The Kier molecular flexibility index (Phi) is 3.82. The number of ketones is 2. The van der Waals surface area contributed by atoms with Gasteiger partial charge >= 0.3 is 0 Å². The number of amides is 1. The molecule has 3 rings (SSSR count). The molecule has 0 saturated carbocycles. The molecule has 0 spiro atoms. The Hall–Kier alpha value is -2.75. The van der Waals surface area contributed by atoms with Gasteiger partial charge in [0, 0.05) is 33.9 Å². The minimum absolute atomic E-state index is 0.0950. The van der Waals surface area contributed by atoms with Gasteiger partial charge in [0.1, 0.15) is 0 Å². The summed E-state index contributed by atoms with van der Waals surface area (Å²) in [5.74, 6) is -0.545. The minimum atomic E-state index is -0.185. The third-order valence-corrected chi connectivity index (χ3v) is 4.25. The molecule has 4 heteroatoms. The van der Waals surface area contributed by atoms with Crippen molar-refractivity contribution in [3.63, 3.8) is 0 Å². The van der Waals surface area contributed by atoms with Crippen LogP contribution >= 0.6 is 0 Å². The molecule has 0 saturated heterocycles. The average molecular weight is 307 g/mol. The Balaban J connectivity index is 1.99. The highest BCUT2D eigenvalue weighted by molar-refractivity contribution is 6.28. The highest BCUT2D eigenvalue weighted by Crippen LogP contribution is 2.29. The van der Waals surface area contributed by atoms with Crippen LogP contribution in [0.25, 0.3) is 0 Å². The number of rotatable bonds is 3. The van der Waals surface area contributed by atoms with Gasteiger partial charge in [0.05, 0.1) is 0 Å². The molecule has 0 fully saturated rings. The molecule has 1 amide bonds. The molecule has 116 valence electrons. The second-order valence-corrected chi connectivity index (χ2v) is 5.76. The largest absolute Gasteiger partial charge is 0.326 e. The summed E-state index contributed by atoms with van der Waals surface area (Å²) in [6.45, 7) is 3.79. The molecule has 23 heavy (non-hydrogen) atoms. The summed E-state index contributed by atoms with van der Waals surface area (Å²) >= 11 is 0. The van der Waals surface area contributed by atoms with Crippen molar-refractivity contribution in [1.29, 1.82) is 0 Å². The van der Waals surface area contributed by atoms with Crippen molar-refractivity contribution in [2.75, 3.05) is 5.32 Å². The summed E-state index contributed by atoms with van der Waals surface area (Å²) in [6.07, 6.45) is 0.738. The first-order chi connectivity index (χ1) is 11.0. The zero-order chi connectivity index (χ0) is 16.6. The van der Waals surface area contributed by atoms with Crippen LogP contribution in [0, 0.1) is 5.92 Å². The molecule has 4 nitrogen and oxygen atoms in total. The van der Waals surface area contributed by atoms with E-state index in [4.69, 9.17) is 0 Å².